The molecule has 2 heterocycles. The van der Waals surface area contributed by atoms with E-state index in [4.69, 9.17) is 18.9 Å². The van der Waals surface area contributed by atoms with E-state index >= 15 is 0 Å². The number of ether oxygens (including phenoxy) is 4. The molecule has 1 saturated heterocycles. The Balaban J connectivity index is 1.38. The zero-order valence-corrected chi connectivity index (χ0v) is 18.9. The molecule has 2 aromatic carbocycles. The van der Waals surface area contributed by atoms with Crippen LogP contribution in [0.4, 0.5) is 5.69 Å². The van der Waals surface area contributed by atoms with Gasteiger partial charge in [0.2, 0.25) is 11.8 Å². The number of nitrogens with one attached hydrogen (secondary N) is 1. The highest BCUT2D eigenvalue weighted by atomic mass is 16.5. The largest absolute Gasteiger partial charge is 0.493 e. The van der Waals surface area contributed by atoms with Gasteiger partial charge in [-0.1, -0.05) is 24.3 Å². The van der Waals surface area contributed by atoms with Gasteiger partial charge in [-0.05, 0) is 42.3 Å². The Morgan fingerprint density at radius 2 is 1.91 bits per heavy atom. The lowest BCUT2D eigenvalue weighted by atomic mass is 10.1. The number of pyridine rings is 1. The molecule has 3 aromatic rings. The van der Waals surface area contributed by atoms with E-state index in [0.717, 1.165) is 28.9 Å². The molecule has 0 aliphatic carbocycles. The summed E-state index contributed by atoms with van der Waals surface area (Å²) in [5, 5.41) is 2.98. The van der Waals surface area contributed by atoms with Crippen molar-refractivity contribution in [1.82, 2.24) is 4.98 Å². The average molecular weight is 449 g/mol. The zero-order valence-electron chi connectivity index (χ0n) is 18.9. The van der Waals surface area contributed by atoms with Crippen LogP contribution in [0, 0.1) is 5.92 Å². The van der Waals surface area contributed by atoms with Crippen molar-refractivity contribution in [2.45, 2.75) is 12.8 Å². The SMILES string of the molecule is COc1ccc(CCOc2cccc(-c3cccc(NC(=O)C4CCOC4)c3)n2)cc1OC. The number of hydrogen-bond acceptors (Lipinski definition) is 6. The maximum Gasteiger partial charge on any atom is 0.229 e. The van der Waals surface area contributed by atoms with Gasteiger partial charge in [0.05, 0.1) is 39.0 Å². The van der Waals surface area contributed by atoms with Gasteiger partial charge in [-0.3, -0.25) is 4.79 Å². The monoisotopic (exact) mass is 448 g/mol. The highest BCUT2D eigenvalue weighted by molar-refractivity contribution is 5.93. The Hall–Kier alpha value is -3.58. The summed E-state index contributed by atoms with van der Waals surface area (Å²) in [7, 11) is 3.24. The van der Waals surface area contributed by atoms with Crippen LogP contribution in [0.15, 0.2) is 60.7 Å². The molecule has 0 radical (unpaired) electrons. The topological polar surface area (TPSA) is 78.9 Å². The molecule has 0 saturated carbocycles. The fourth-order valence-corrected chi connectivity index (χ4v) is 3.71. The van der Waals surface area contributed by atoms with E-state index in [2.05, 4.69) is 10.3 Å². The van der Waals surface area contributed by atoms with E-state index in [1.165, 1.54) is 0 Å². The van der Waals surface area contributed by atoms with Crippen molar-refractivity contribution in [1.29, 1.82) is 0 Å². The van der Waals surface area contributed by atoms with Gasteiger partial charge in [-0.25, -0.2) is 4.98 Å². The first-order valence-corrected chi connectivity index (χ1v) is 11.0. The van der Waals surface area contributed by atoms with Gasteiger partial charge in [0.15, 0.2) is 11.5 Å². The highest BCUT2D eigenvalue weighted by Gasteiger charge is 2.23. The molecule has 33 heavy (non-hydrogen) atoms. The fourth-order valence-electron chi connectivity index (χ4n) is 3.71. The molecule has 7 heteroatoms. The molecule has 1 fully saturated rings. The van der Waals surface area contributed by atoms with Crippen LogP contribution in [-0.2, 0) is 16.0 Å². The molecule has 1 aliphatic heterocycles. The van der Waals surface area contributed by atoms with Crippen LogP contribution < -0.4 is 19.5 Å². The highest BCUT2D eigenvalue weighted by Crippen LogP contribution is 2.28. The number of hydrogen-bond donors (Lipinski definition) is 1. The van der Waals surface area contributed by atoms with Gasteiger partial charge >= 0.3 is 0 Å². The Morgan fingerprint density at radius 1 is 1.06 bits per heavy atom. The standard InChI is InChI=1S/C26H28N2O5/c1-30-23-10-9-18(15-24(23)31-2)11-14-33-25-8-4-7-22(28-25)19-5-3-6-21(16-19)27-26(29)20-12-13-32-17-20/h3-10,15-16,20H,11-14,17H2,1-2H3,(H,27,29). The Kier molecular flexibility index (Phi) is 7.42. The normalized spacial score (nSPS) is 15.2. The zero-order chi connectivity index (χ0) is 23.0. The predicted octanol–water partition coefficient (Wildman–Crippen LogP) is 4.36. The lowest BCUT2D eigenvalue weighted by Gasteiger charge is -2.12. The number of rotatable bonds is 9. The van der Waals surface area contributed by atoms with E-state index in [9.17, 15) is 4.79 Å². The second kappa shape index (κ2) is 10.8. The van der Waals surface area contributed by atoms with Crippen molar-refractivity contribution in [3.05, 3.63) is 66.2 Å². The summed E-state index contributed by atoms with van der Waals surface area (Å²) in [6.07, 6.45) is 1.47. The van der Waals surface area contributed by atoms with E-state index in [-0.39, 0.29) is 11.8 Å². The predicted molar refractivity (Wildman–Crippen MR) is 126 cm³/mol. The summed E-state index contributed by atoms with van der Waals surface area (Å²) in [5.74, 6) is 1.85. The molecule has 0 spiro atoms. The van der Waals surface area contributed by atoms with E-state index in [1.807, 2.05) is 60.7 Å². The van der Waals surface area contributed by atoms with Crippen LogP contribution >= 0.6 is 0 Å². The molecule has 1 aromatic heterocycles. The number of carbonyl (C=O) groups excluding carboxylic acids is 1. The smallest absolute Gasteiger partial charge is 0.229 e. The minimum atomic E-state index is -0.0887. The van der Waals surface area contributed by atoms with Crippen LogP contribution in [0.1, 0.15) is 12.0 Å². The minimum absolute atomic E-state index is 0.00939. The van der Waals surface area contributed by atoms with Gasteiger partial charge in [-0.15, -0.1) is 0 Å². The van der Waals surface area contributed by atoms with Crippen molar-refractivity contribution in [2.75, 3.05) is 39.4 Å². The molecule has 4 rings (SSSR count). The van der Waals surface area contributed by atoms with Crippen molar-refractivity contribution in [3.63, 3.8) is 0 Å². The molecule has 1 amide bonds. The second-order valence-electron chi connectivity index (χ2n) is 7.78. The molecular formula is C26H28N2O5. The van der Waals surface area contributed by atoms with Crippen LogP contribution in [0.2, 0.25) is 0 Å². The summed E-state index contributed by atoms with van der Waals surface area (Å²) < 4.78 is 21.8. The van der Waals surface area contributed by atoms with Crippen molar-refractivity contribution < 1.29 is 23.7 Å². The van der Waals surface area contributed by atoms with E-state index in [1.54, 1.807) is 14.2 Å². The summed E-state index contributed by atoms with van der Waals surface area (Å²) in [4.78, 5) is 17.0. The fraction of sp³-hybridized carbons (Fsp3) is 0.308. The third-order valence-corrected chi connectivity index (χ3v) is 5.54. The molecule has 1 unspecified atom stereocenters. The second-order valence-corrected chi connectivity index (χ2v) is 7.78. The Bertz CT molecular complexity index is 1100. The number of aromatic nitrogens is 1. The lowest BCUT2D eigenvalue weighted by molar-refractivity contribution is -0.119. The van der Waals surface area contributed by atoms with Crippen LogP contribution in [0.3, 0.4) is 0 Å². The van der Waals surface area contributed by atoms with Gasteiger partial charge in [-0.2, -0.15) is 0 Å². The number of amides is 1. The third-order valence-electron chi connectivity index (χ3n) is 5.54. The van der Waals surface area contributed by atoms with E-state index in [0.29, 0.717) is 43.6 Å². The number of nitrogens with zero attached hydrogens (tertiary/aromatic N) is 1. The molecular weight excluding hydrogens is 420 g/mol. The first kappa shape index (κ1) is 22.6. The quantitative estimate of drug-likeness (QED) is 0.524. The molecule has 1 aliphatic rings. The molecule has 172 valence electrons. The van der Waals surface area contributed by atoms with Crippen LogP contribution in [-0.4, -0.2) is 44.9 Å². The van der Waals surface area contributed by atoms with Crippen molar-refractivity contribution in [3.8, 4) is 28.6 Å². The van der Waals surface area contributed by atoms with E-state index < -0.39 is 0 Å². The van der Waals surface area contributed by atoms with Gasteiger partial charge in [0.25, 0.3) is 0 Å². The van der Waals surface area contributed by atoms with Gasteiger partial charge in [0, 0.05) is 30.3 Å². The van der Waals surface area contributed by atoms with Crippen LogP contribution in [0.25, 0.3) is 11.3 Å². The Morgan fingerprint density at radius 3 is 2.70 bits per heavy atom. The number of carbonyl (C=O) groups is 1. The lowest BCUT2D eigenvalue weighted by Crippen LogP contribution is -2.22. The number of methoxy groups -OCH3 is 2. The summed E-state index contributed by atoms with van der Waals surface area (Å²) in [6, 6.07) is 19.2. The Labute approximate surface area is 193 Å². The van der Waals surface area contributed by atoms with Crippen LogP contribution in [0.5, 0.6) is 17.4 Å². The maximum atomic E-state index is 12.4. The molecule has 1 atom stereocenters. The first-order valence-electron chi connectivity index (χ1n) is 11.0. The van der Waals surface area contributed by atoms with Crippen molar-refractivity contribution >= 4 is 11.6 Å². The summed E-state index contributed by atoms with van der Waals surface area (Å²) in [6.45, 7) is 1.60. The molecule has 1 N–H and O–H groups in total. The van der Waals surface area contributed by atoms with Gasteiger partial charge < -0.3 is 24.3 Å². The number of anilines is 1. The van der Waals surface area contributed by atoms with Crippen molar-refractivity contribution in [2.24, 2.45) is 5.92 Å². The maximum absolute atomic E-state index is 12.4. The molecule has 7 nitrogen and oxygen atoms in total. The van der Waals surface area contributed by atoms with Gasteiger partial charge in [0.1, 0.15) is 0 Å². The minimum Gasteiger partial charge on any atom is -0.493 e. The summed E-state index contributed by atoms with van der Waals surface area (Å²) in [5.41, 5.74) is 3.51. The summed E-state index contributed by atoms with van der Waals surface area (Å²) >= 11 is 0. The third kappa shape index (κ3) is 5.81. The first-order chi connectivity index (χ1) is 16.2. The number of benzene rings is 2. The average Bonchev–Trinajstić information content (AvgIpc) is 3.40. The molecule has 0 bridgehead atoms.